The summed E-state index contributed by atoms with van der Waals surface area (Å²) in [5.74, 6) is -0.908. The Morgan fingerprint density at radius 3 is 3.00 bits per heavy atom. The van der Waals surface area contributed by atoms with Crippen molar-refractivity contribution < 1.29 is 19.7 Å². The number of carboxylic acid groups (broad SMARTS) is 1. The lowest BCUT2D eigenvalue weighted by molar-refractivity contribution is 0.0697. The van der Waals surface area contributed by atoms with Gasteiger partial charge in [-0.2, -0.15) is 0 Å². The summed E-state index contributed by atoms with van der Waals surface area (Å²) in [7, 11) is 0. The van der Waals surface area contributed by atoms with E-state index in [1.54, 1.807) is 18.2 Å². The predicted molar refractivity (Wildman–Crippen MR) is 87.0 cm³/mol. The van der Waals surface area contributed by atoms with E-state index in [9.17, 15) is 15.0 Å². The largest absolute Gasteiger partial charge is 0.478 e. The molecule has 0 bridgehead atoms. The standard InChI is InChI=1S/C17H20N2O4/c1-11-6-16(19-4-5-23-10-12(8-19)9-20)14-7-13(17(21)22)2-3-15(14)18-11/h2-3,6-7,12,20H,4-5,8-10H2,1H3,(H,21,22). The maximum absolute atomic E-state index is 11.3. The van der Waals surface area contributed by atoms with Crippen molar-refractivity contribution >= 4 is 22.6 Å². The SMILES string of the molecule is Cc1cc(N2CCOCC(CO)C2)c2cc(C(=O)O)ccc2n1. The summed E-state index contributed by atoms with van der Waals surface area (Å²) >= 11 is 0. The summed E-state index contributed by atoms with van der Waals surface area (Å²) in [4.78, 5) is 17.9. The van der Waals surface area contributed by atoms with Crippen LogP contribution in [0.2, 0.25) is 0 Å². The number of benzene rings is 1. The average molecular weight is 316 g/mol. The number of anilines is 1. The van der Waals surface area contributed by atoms with Crippen molar-refractivity contribution in [1.82, 2.24) is 4.98 Å². The van der Waals surface area contributed by atoms with Crippen molar-refractivity contribution in [1.29, 1.82) is 0 Å². The first-order valence-electron chi connectivity index (χ1n) is 7.66. The summed E-state index contributed by atoms with van der Waals surface area (Å²) in [6.07, 6.45) is 0. The first kappa shape index (κ1) is 15.7. The Labute approximate surface area is 134 Å². The van der Waals surface area contributed by atoms with E-state index in [4.69, 9.17) is 4.74 Å². The minimum absolute atomic E-state index is 0.0451. The van der Waals surface area contributed by atoms with Crippen LogP contribution in [0.25, 0.3) is 10.9 Å². The van der Waals surface area contributed by atoms with Gasteiger partial charge in [-0.3, -0.25) is 4.98 Å². The number of nitrogens with zero attached hydrogens (tertiary/aromatic N) is 2. The second kappa shape index (κ2) is 6.52. The number of hydrogen-bond donors (Lipinski definition) is 2. The molecule has 1 atom stereocenters. The monoisotopic (exact) mass is 316 g/mol. The van der Waals surface area contributed by atoms with E-state index in [0.717, 1.165) is 22.3 Å². The first-order valence-corrected chi connectivity index (χ1v) is 7.66. The zero-order valence-corrected chi connectivity index (χ0v) is 13.0. The third kappa shape index (κ3) is 3.28. The minimum atomic E-state index is -0.953. The summed E-state index contributed by atoms with van der Waals surface area (Å²) < 4.78 is 5.54. The molecule has 1 fully saturated rings. The highest BCUT2D eigenvalue weighted by atomic mass is 16.5. The summed E-state index contributed by atoms with van der Waals surface area (Å²) in [6, 6.07) is 6.95. The summed E-state index contributed by atoms with van der Waals surface area (Å²) in [6.45, 7) is 4.48. The van der Waals surface area contributed by atoms with Gasteiger partial charge in [-0.1, -0.05) is 0 Å². The van der Waals surface area contributed by atoms with Crippen LogP contribution in [0.3, 0.4) is 0 Å². The number of aromatic nitrogens is 1. The van der Waals surface area contributed by atoms with Crippen molar-refractivity contribution in [2.75, 3.05) is 37.8 Å². The fraction of sp³-hybridized carbons (Fsp3) is 0.412. The van der Waals surface area contributed by atoms with Gasteiger partial charge < -0.3 is 19.8 Å². The number of aliphatic hydroxyl groups excluding tert-OH is 1. The number of hydrogen-bond acceptors (Lipinski definition) is 5. The van der Waals surface area contributed by atoms with Crippen LogP contribution in [0.5, 0.6) is 0 Å². The number of aryl methyl sites for hydroxylation is 1. The van der Waals surface area contributed by atoms with Crippen molar-refractivity contribution in [2.24, 2.45) is 5.92 Å². The van der Waals surface area contributed by atoms with Crippen LogP contribution in [0.15, 0.2) is 24.3 Å². The Balaban J connectivity index is 2.10. The molecule has 6 nitrogen and oxygen atoms in total. The molecule has 1 aromatic heterocycles. The third-order valence-electron chi connectivity index (χ3n) is 4.10. The normalized spacial score (nSPS) is 18.9. The van der Waals surface area contributed by atoms with Crippen LogP contribution >= 0.6 is 0 Å². The Morgan fingerprint density at radius 2 is 2.26 bits per heavy atom. The second-order valence-corrected chi connectivity index (χ2v) is 5.89. The molecule has 0 saturated carbocycles. The van der Waals surface area contributed by atoms with Gasteiger partial charge in [0.25, 0.3) is 0 Å². The van der Waals surface area contributed by atoms with Gasteiger partial charge in [0.05, 0.1) is 24.3 Å². The highest BCUT2D eigenvalue weighted by Crippen LogP contribution is 2.29. The molecular formula is C17H20N2O4. The van der Waals surface area contributed by atoms with Gasteiger partial charge in [-0.25, -0.2) is 4.79 Å². The number of aromatic carboxylic acids is 1. The molecule has 1 unspecified atom stereocenters. The molecule has 1 aliphatic heterocycles. The molecule has 2 heterocycles. The second-order valence-electron chi connectivity index (χ2n) is 5.89. The van der Waals surface area contributed by atoms with E-state index < -0.39 is 5.97 Å². The molecule has 1 aliphatic rings. The first-order chi connectivity index (χ1) is 11.1. The van der Waals surface area contributed by atoms with E-state index in [0.29, 0.717) is 26.3 Å². The Morgan fingerprint density at radius 1 is 1.43 bits per heavy atom. The molecule has 3 rings (SSSR count). The third-order valence-corrected chi connectivity index (χ3v) is 4.10. The lowest BCUT2D eigenvalue weighted by Crippen LogP contribution is -2.31. The Bertz CT molecular complexity index is 732. The molecule has 1 aromatic carbocycles. The van der Waals surface area contributed by atoms with Crippen molar-refractivity contribution in [3.63, 3.8) is 0 Å². The van der Waals surface area contributed by atoms with Gasteiger partial charge in [0, 0.05) is 42.4 Å². The molecule has 23 heavy (non-hydrogen) atoms. The maximum Gasteiger partial charge on any atom is 0.335 e. The number of rotatable bonds is 3. The van der Waals surface area contributed by atoms with Gasteiger partial charge in [0.2, 0.25) is 0 Å². The molecule has 0 aliphatic carbocycles. The van der Waals surface area contributed by atoms with Gasteiger partial charge in [-0.05, 0) is 31.2 Å². The van der Waals surface area contributed by atoms with Crippen molar-refractivity contribution in [2.45, 2.75) is 6.92 Å². The molecule has 122 valence electrons. The van der Waals surface area contributed by atoms with E-state index in [1.165, 1.54) is 0 Å². The molecule has 6 heteroatoms. The van der Waals surface area contributed by atoms with Gasteiger partial charge in [0.15, 0.2) is 0 Å². The van der Waals surface area contributed by atoms with Gasteiger partial charge >= 0.3 is 5.97 Å². The molecule has 0 radical (unpaired) electrons. The molecule has 2 aromatic rings. The number of ether oxygens (including phenoxy) is 1. The van der Waals surface area contributed by atoms with E-state index in [1.807, 2.05) is 13.0 Å². The number of fused-ring (bicyclic) bond motifs is 1. The van der Waals surface area contributed by atoms with Crippen molar-refractivity contribution in [3.05, 3.63) is 35.5 Å². The molecule has 1 saturated heterocycles. The lowest BCUT2D eigenvalue weighted by atomic mass is 10.1. The number of pyridine rings is 1. The van der Waals surface area contributed by atoms with Crippen LogP contribution in [-0.4, -0.2) is 54.1 Å². The van der Waals surface area contributed by atoms with Crippen LogP contribution < -0.4 is 4.90 Å². The van der Waals surface area contributed by atoms with Crippen LogP contribution in [-0.2, 0) is 4.74 Å². The fourth-order valence-electron chi connectivity index (χ4n) is 2.94. The van der Waals surface area contributed by atoms with Crippen LogP contribution in [0, 0.1) is 12.8 Å². The highest BCUT2D eigenvalue weighted by Gasteiger charge is 2.21. The van der Waals surface area contributed by atoms with Crippen molar-refractivity contribution in [3.8, 4) is 0 Å². The summed E-state index contributed by atoms with van der Waals surface area (Å²) in [5.41, 5.74) is 2.84. The van der Waals surface area contributed by atoms with E-state index >= 15 is 0 Å². The molecule has 2 N–H and O–H groups in total. The summed E-state index contributed by atoms with van der Waals surface area (Å²) in [5, 5.41) is 19.5. The lowest BCUT2D eigenvalue weighted by Gasteiger charge is -2.26. The maximum atomic E-state index is 11.3. The van der Waals surface area contributed by atoms with E-state index in [2.05, 4.69) is 9.88 Å². The average Bonchev–Trinajstić information content (AvgIpc) is 2.79. The minimum Gasteiger partial charge on any atom is -0.478 e. The zero-order chi connectivity index (χ0) is 16.4. The molecular weight excluding hydrogens is 296 g/mol. The quantitative estimate of drug-likeness (QED) is 0.896. The number of carboxylic acids is 1. The van der Waals surface area contributed by atoms with E-state index in [-0.39, 0.29) is 18.1 Å². The van der Waals surface area contributed by atoms with Gasteiger partial charge in [0.1, 0.15) is 0 Å². The van der Waals surface area contributed by atoms with Gasteiger partial charge in [-0.15, -0.1) is 0 Å². The topological polar surface area (TPSA) is 82.9 Å². The highest BCUT2D eigenvalue weighted by molar-refractivity contribution is 5.98. The predicted octanol–water partition coefficient (Wildman–Crippen LogP) is 1.69. The fourth-order valence-corrected chi connectivity index (χ4v) is 2.94. The zero-order valence-electron chi connectivity index (χ0n) is 13.0. The molecule has 0 amide bonds. The van der Waals surface area contributed by atoms with Crippen LogP contribution in [0.4, 0.5) is 5.69 Å². The number of carbonyl (C=O) groups is 1. The smallest absolute Gasteiger partial charge is 0.335 e. The van der Waals surface area contributed by atoms with Crippen LogP contribution in [0.1, 0.15) is 16.1 Å². The Hall–Kier alpha value is -2.18. The Kier molecular flexibility index (Phi) is 4.45. The molecule has 0 spiro atoms. The number of aliphatic hydroxyl groups is 1.